The van der Waals surface area contributed by atoms with Crippen LogP contribution in [-0.2, 0) is 10.0 Å². The van der Waals surface area contributed by atoms with Crippen molar-refractivity contribution in [2.45, 2.75) is 42.7 Å². The second-order valence-corrected chi connectivity index (χ2v) is 10.0. The monoisotopic (exact) mass is 415 g/mol. The number of aromatic nitrogens is 1. The standard InChI is InChI=1S/C21H25N3O4S/c25-21(16-4-3-11-22-16)23-12-9-17-18(10-13-23)28-19-5-1-2-6-20(19)29(26,27)24(17)14-15-7-8-15/h1-6,11,15,17-18,22H,7-10,12-14H2/t17-,18-/m1/s1. The molecule has 1 saturated carbocycles. The van der Waals surface area contributed by atoms with E-state index in [1.807, 2.05) is 0 Å². The van der Waals surface area contributed by atoms with Crippen molar-refractivity contribution in [1.29, 1.82) is 0 Å². The van der Waals surface area contributed by atoms with Crippen LogP contribution in [0.3, 0.4) is 0 Å². The molecule has 0 unspecified atom stereocenters. The summed E-state index contributed by atoms with van der Waals surface area (Å²) in [5.41, 5.74) is 0.556. The summed E-state index contributed by atoms with van der Waals surface area (Å²) in [5, 5.41) is 0. The zero-order valence-corrected chi connectivity index (χ0v) is 17.0. The molecule has 2 atom stereocenters. The Kier molecular flexibility index (Phi) is 4.63. The van der Waals surface area contributed by atoms with Crippen molar-refractivity contribution in [3.05, 3.63) is 48.3 Å². The van der Waals surface area contributed by atoms with Crippen LogP contribution < -0.4 is 4.74 Å². The Hall–Kier alpha value is -2.32. The van der Waals surface area contributed by atoms with Crippen LogP contribution in [0, 0.1) is 5.92 Å². The van der Waals surface area contributed by atoms with Crippen LogP contribution in [0.5, 0.6) is 5.75 Å². The lowest BCUT2D eigenvalue weighted by Crippen LogP contribution is -2.48. The van der Waals surface area contributed by atoms with Gasteiger partial charge in [0, 0.05) is 32.3 Å². The molecule has 3 heterocycles. The molecule has 29 heavy (non-hydrogen) atoms. The highest BCUT2D eigenvalue weighted by molar-refractivity contribution is 7.89. The number of sulfonamides is 1. The molecule has 1 aromatic heterocycles. The fraction of sp³-hybridized carbons (Fsp3) is 0.476. The molecule has 2 fully saturated rings. The zero-order valence-electron chi connectivity index (χ0n) is 16.2. The van der Waals surface area contributed by atoms with Crippen molar-refractivity contribution in [1.82, 2.24) is 14.2 Å². The van der Waals surface area contributed by atoms with E-state index in [4.69, 9.17) is 4.74 Å². The quantitative estimate of drug-likeness (QED) is 0.835. The van der Waals surface area contributed by atoms with Crippen LogP contribution in [0.2, 0.25) is 0 Å². The minimum atomic E-state index is -3.64. The number of aromatic amines is 1. The van der Waals surface area contributed by atoms with E-state index in [-0.39, 0.29) is 22.9 Å². The first-order chi connectivity index (χ1) is 14.0. The smallest absolute Gasteiger partial charge is 0.270 e. The van der Waals surface area contributed by atoms with Crippen molar-refractivity contribution in [2.75, 3.05) is 19.6 Å². The van der Waals surface area contributed by atoms with Crippen molar-refractivity contribution in [2.24, 2.45) is 5.92 Å². The van der Waals surface area contributed by atoms with E-state index >= 15 is 0 Å². The van der Waals surface area contributed by atoms with Gasteiger partial charge in [0.2, 0.25) is 10.0 Å². The van der Waals surface area contributed by atoms with Crippen LogP contribution in [0.25, 0.3) is 0 Å². The van der Waals surface area contributed by atoms with Gasteiger partial charge in [-0.05, 0) is 49.4 Å². The summed E-state index contributed by atoms with van der Waals surface area (Å²) in [7, 11) is -3.64. The van der Waals surface area contributed by atoms with E-state index in [9.17, 15) is 13.2 Å². The number of hydrogen-bond donors (Lipinski definition) is 1. The topological polar surface area (TPSA) is 82.7 Å². The van der Waals surface area contributed by atoms with Crippen molar-refractivity contribution >= 4 is 15.9 Å². The van der Waals surface area contributed by atoms with Gasteiger partial charge in [-0.1, -0.05) is 12.1 Å². The molecule has 8 heteroatoms. The molecule has 154 valence electrons. The van der Waals surface area contributed by atoms with Crippen molar-refractivity contribution < 1.29 is 17.9 Å². The number of ether oxygens (including phenoxy) is 1. The lowest BCUT2D eigenvalue weighted by Gasteiger charge is -2.31. The van der Waals surface area contributed by atoms with Crippen LogP contribution in [0.1, 0.15) is 36.2 Å². The Bertz CT molecular complexity index is 1000. The molecule has 0 bridgehead atoms. The Morgan fingerprint density at radius 1 is 1.07 bits per heavy atom. The van der Waals surface area contributed by atoms with E-state index in [1.54, 1.807) is 51.8 Å². The van der Waals surface area contributed by atoms with Gasteiger partial charge >= 0.3 is 0 Å². The molecule has 0 radical (unpaired) electrons. The normalized spacial score (nSPS) is 26.6. The van der Waals surface area contributed by atoms with Crippen LogP contribution in [0.4, 0.5) is 0 Å². The molecule has 1 aliphatic carbocycles. The molecule has 0 spiro atoms. The van der Waals surface area contributed by atoms with Crippen molar-refractivity contribution in [3.8, 4) is 5.75 Å². The van der Waals surface area contributed by atoms with E-state index in [2.05, 4.69) is 4.98 Å². The van der Waals surface area contributed by atoms with Gasteiger partial charge in [-0.2, -0.15) is 4.31 Å². The number of H-pyrrole nitrogens is 1. The number of carbonyl (C=O) groups is 1. The largest absolute Gasteiger partial charge is 0.487 e. The predicted molar refractivity (Wildman–Crippen MR) is 107 cm³/mol. The molecule has 7 nitrogen and oxygen atoms in total. The first kappa shape index (κ1) is 18.7. The fourth-order valence-corrected chi connectivity index (χ4v) is 6.26. The Morgan fingerprint density at radius 3 is 2.62 bits per heavy atom. The zero-order chi connectivity index (χ0) is 20.0. The van der Waals surface area contributed by atoms with E-state index < -0.39 is 10.0 Å². The summed E-state index contributed by atoms with van der Waals surface area (Å²) in [6, 6.07) is 10.2. The summed E-state index contributed by atoms with van der Waals surface area (Å²) in [6.45, 7) is 1.58. The third-order valence-corrected chi connectivity index (χ3v) is 8.07. The number of likely N-dealkylation sites (tertiary alicyclic amines) is 1. The summed E-state index contributed by atoms with van der Waals surface area (Å²) in [4.78, 5) is 17.8. The third kappa shape index (κ3) is 3.44. The van der Waals surface area contributed by atoms with Gasteiger partial charge in [-0.25, -0.2) is 8.42 Å². The van der Waals surface area contributed by atoms with Crippen LogP contribution >= 0.6 is 0 Å². The van der Waals surface area contributed by atoms with Gasteiger partial charge in [0.1, 0.15) is 22.4 Å². The van der Waals surface area contributed by atoms with Gasteiger partial charge in [-0.15, -0.1) is 0 Å². The van der Waals surface area contributed by atoms with Gasteiger partial charge < -0.3 is 14.6 Å². The fourth-order valence-electron chi connectivity index (χ4n) is 4.38. The highest BCUT2D eigenvalue weighted by atomic mass is 32.2. The molecule has 2 aromatic rings. The minimum absolute atomic E-state index is 0.0524. The molecular weight excluding hydrogens is 390 g/mol. The Labute approximate surface area is 170 Å². The summed E-state index contributed by atoms with van der Waals surface area (Å²) < 4.78 is 35.0. The molecule has 3 aliphatic rings. The maximum Gasteiger partial charge on any atom is 0.270 e. The average molecular weight is 416 g/mol. The lowest BCUT2D eigenvalue weighted by molar-refractivity contribution is 0.0750. The number of benzene rings is 1. The second-order valence-electron chi connectivity index (χ2n) is 8.14. The lowest BCUT2D eigenvalue weighted by atomic mass is 10.1. The van der Waals surface area contributed by atoms with Crippen LogP contribution in [-0.4, -0.2) is 60.3 Å². The molecule has 1 amide bonds. The van der Waals surface area contributed by atoms with Gasteiger partial charge in [-0.3, -0.25) is 4.79 Å². The minimum Gasteiger partial charge on any atom is -0.487 e. The van der Waals surface area contributed by atoms with E-state index in [0.29, 0.717) is 49.8 Å². The third-order valence-electron chi connectivity index (χ3n) is 6.14. The molecule has 1 N–H and O–H groups in total. The highest BCUT2D eigenvalue weighted by Crippen LogP contribution is 2.39. The molecule has 1 aromatic carbocycles. The summed E-state index contributed by atoms with van der Waals surface area (Å²) in [6.07, 6.45) is 4.78. The summed E-state index contributed by atoms with van der Waals surface area (Å²) in [5.74, 6) is 0.795. The maximum atomic E-state index is 13.5. The number of nitrogens with one attached hydrogen (secondary N) is 1. The van der Waals surface area contributed by atoms with Gasteiger partial charge in [0.25, 0.3) is 5.91 Å². The first-order valence-electron chi connectivity index (χ1n) is 10.2. The molecule has 1 saturated heterocycles. The van der Waals surface area contributed by atoms with E-state index in [0.717, 1.165) is 12.8 Å². The highest BCUT2D eigenvalue weighted by Gasteiger charge is 2.45. The Morgan fingerprint density at radius 2 is 1.86 bits per heavy atom. The maximum absolute atomic E-state index is 13.5. The molecule has 5 rings (SSSR count). The second kappa shape index (κ2) is 7.18. The number of para-hydroxylation sites is 1. The van der Waals surface area contributed by atoms with Crippen molar-refractivity contribution in [3.63, 3.8) is 0 Å². The number of nitrogens with zero attached hydrogens (tertiary/aromatic N) is 2. The van der Waals surface area contributed by atoms with E-state index in [1.165, 1.54) is 0 Å². The van der Waals surface area contributed by atoms with Crippen LogP contribution in [0.15, 0.2) is 47.5 Å². The number of carbonyl (C=O) groups excluding carboxylic acids is 1. The molecule has 2 aliphatic heterocycles. The number of hydrogen-bond acceptors (Lipinski definition) is 4. The van der Waals surface area contributed by atoms with Gasteiger partial charge in [0.05, 0.1) is 6.04 Å². The molecular formula is C21H25N3O4S. The number of rotatable bonds is 3. The Balaban J connectivity index is 1.47. The number of amides is 1. The first-order valence-corrected chi connectivity index (χ1v) is 11.7. The summed E-state index contributed by atoms with van der Waals surface area (Å²) >= 11 is 0. The predicted octanol–water partition coefficient (Wildman–Crippen LogP) is 2.48. The average Bonchev–Trinajstić information content (AvgIpc) is 3.43. The number of fused-ring (bicyclic) bond motifs is 2. The SMILES string of the molecule is O=C(c1ccc[nH]1)N1CC[C@@H]2[C@@H](CC1)Oc1ccccc1S(=O)(=O)N2CC1CC1. The van der Waals surface area contributed by atoms with Gasteiger partial charge in [0.15, 0.2) is 0 Å².